The molecule has 0 aliphatic carbocycles. The summed E-state index contributed by atoms with van der Waals surface area (Å²) in [6.07, 6.45) is 3.74. The minimum absolute atomic E-state index is 0.0444. The molecule has 4 heterocycles. The first-order chi connectivity index (χ1) is 15.3. The lowest BCUT2D eigenvalue weighted by molar-refractivity contribution is -0.127. The van der Waals surface area contributed by atoms with Crippen LogP contribution in [0, 0.1) is 0 Å². The third-order valence-electron chi connectivity index (χ3n) is 4.84. The molecule has 1 aliphatic rings. The molecule has 0 spiro atoms. The monoisotopic (exact) mass is 473 g/mol. The van der Waals surface area contributed by atoms with Gasteiger partial charge in [0.25, 0.3) is 0 Å². The predicted molar refractivity (Wildman–Crippen MR) is 128 cm³/mol. The van der Waals surface area contributed by atoms with E-state index in [0.717, 1.165) is 30.6 Å². The van der Waals surface area contributed by atoms with E-state index >= 15 is 0 Å². The van der Waals surface area contributed by atoms with Gasteiger partial charge in [0.1, 0.15) is 17.9 Å². The third-order valence-corrected chi connectivity index (χ3v) is 6.88. The van der Waals surface area contributed by atoms with E-state index in [4.69, 9.17) is 20.7 Å². The molecular weight excluding hydrogens is 446 g/mol. The van der Waals surface area contributed by atoms with E-state index in [1.54, 1.807) is 11.9 Å². The van der Waals surface area contributed by atoms with E-state index in [9.17, 15) is 0 Å². The number of nitrogens with one attached hydrogen (secondary N) is 1. The first-order valence-electron chi connectivity index (χ1n) is 10.3. The Bertz CT molecular complexity index is 1150. The first-order valence-corrected chi connectivity index (χ1v) is 12.0. The van der Waals surface area contributed by atoms with Crippen LogP contribution in [0.25, 0.3) is 15.6 Å². The van der Waals surface area contributed by atoms with Crippen molar-refractivity contribution in [3.63, 3.8) is 0 Å². The molecule has 1 fully saturated rings. The zero-order valence-electron chi connectivity index (χ0n) is 17.9. The Balaban J connectivity index is 0.000000444. The SMILES string of the molecule is CC(C)(O)O.Nc1ncnn2c(C3CC[C@@H](CNSc4cc5ccccc5s4)O3)ccc12. The lowest BCUT2D eigenvalue weighted by atomic mass is 10.1. The maximum absolute atomic E-state index is 8.08. The average molecular weight is 474 g/mol. The van der Waals surface area contributed by atoms with Crippen molar-refractivity contribution in [1.29, 1.82) is 0 Å². The van der Waals surface area contributed by atoms with Crippen molar-refractivity contribution in [2.75, 3.05) is 12.3 Å². The van der Waals surface area contributed by atoms with Gasteiger partial charge < -0.3 is 20.7 Å². The van der Waals surface area contributed by atoms with E-state index in [0.29, 0.717) is 5.82 Å². The predicted octanol–water partition coefficient (Wildman–Crippen LogP) is 3.75. The van der Waals surface area contributed by atoms with Gasteiger partial charge in [-0.2, -0.15) is 5.10 Å². The largest absolute Gasteiger partial charge is 0.382 e. The number of hydrogen-bond acceptors (Lipinski definition) is 9. The molecule has 0 amide bonds. The highest BCUT2D eigenvalue weighted by atomic mass is 32.2. The molecule has 5 rings (SSSR count). The molecule has 1 unspecified atom stereocenters. The van der Waals surface area contributed by atoms with Gasteiger partial charge in [0.05, 0.1) is 16.0 Å². The summed E-state index contributed by atoms with van der Waals surface area (Å²) in [5, 5.41) is 21.8. The number of fused-ring (bicyclic) bond motifs is 2. The van der Waals surface area contributed by atoms with Crippen molar-refractivity contribution in [2.24, 2.45) is 0 Å². The molecule has 0 radical (unpaired) electrons. The summed E-state index contributed by atoms with van der Waals surface area (Å²) in [6.45, 7) is 3.41. The van der Waals surface area contributed by atoms with E-state index in [1.165, 1.54) is 34.5 Å². The molecule has 32 heavy (non-hydrogen) atoms. The van der Waals surface area contributed by atoms with E-state index in [2.05, 4.69) is 45.1 Å². The summed E-state index contributed by atoms with van der Waals surface area (Å²) in [5.41, 5.74) is 7.79. The normalized spacial score (nSPS) is 18.8. The number of thiophene rings is 1. The van der Waals surface area contributed by atoms with Gasteiger partial charge in [0.15, 0.2) is 11.6 Å². The maximum Gasteiger partial charge on any atom is 0.156 e. The lowest BCUT2D eigenvalue weighted by Crippen LogP contribution is -2.21. The highest BCUT2D eigenvalue weighted by Crippen LogP contribution is 2.35. The Kier molecular flexibility index (Phi) is 6.99. The average Bonchev–Trinajstić information content (AvgIpc) is 3.44. The summed E-state index contributed by atoms with van der Waals surface area (Å²) in [7, 11) is 0. The fraction of sp³-hybridized carbons (Fsp3) is 0.364. The van der Waals surface area contributed by atoms with Crippen LogP contribution in [0.2, 0.25) is 0 Å². The highest BCUT2D eigenvalue weighted by molar-refractivity contribution is 7.99. The van der Waals surface area contributed by atoms with Crippen molar-refractivity contribution in [2.45, 2.75) is 48.9 Å². The summed E-state index contributed by atoms with van der Waals surface area (Å²) in [5.74, 6) is -1.01. The van der Waals surface area contributed by atoms with Crippen LogP contribution in [0.1, 0.15) is 38.5 Å². The second-order valence-corrected chi connectivity index (χ2v) is 10.3. The first kappa shape index (κ1) is 23.0. The molecule has 3 aromatic heterocycles. The van der Waals surface area contributed by atoms with Crippen molar-refractivity contribution >= 4 is 44.7 Å². The summed E-state index contributed by atoms with van der Waals surface area (Å²) in [4.78, 5) is 4.04. The van der Waals surface area contributed by atoms with Crippen LogP contribution < -0.4 is 10.5 Å². The summed E-state index contributed by atoms with van der Waals surface area (Å²) < 4.78 is 14.2. The molecule has 2 atom stereocenters. The topological polar surface area (TPSA) is 118 Å². The van der Waals surface area contributed by atoms with E-state index < -0.39 is 5.79 Å². The highest BCUT2D eigenvalue weighted by Gasteiger charge is 2.28. The van der Waals surface area contributed by atoms with Gasteiger partial charge in [-0.25, -0.2) is 9.50 Å². The molecule has 0 bridgehead atoms. The Labute approximate surface area is 194 Å². The molecule has 0 saturated carbocycles. The zero-order valence-corrected chi connectivity index (χ0v) is 19.6. The Hall–Kier alpha value is -2.21. The number of aliphatic hydroxyl groups is 2. The minimum Gasteiger partial charge on any atom is -0.382 e. The number of nitrogen functional groups attached to an aromatic ring is 1. The summed E-state index contributed by atoms with van der Waals surface area (Å²) in [6, 6.07) is 14.7. The van der Waals surface area contributed by atoms with Crippen LogP contribution in [-0.2, 0) is 4.74 Å². The number of aromatic nitrogens is 3. The Morgan fingerprint density at radius 1 is 1.25 bits per heavy atom. The molecule has 1 aliphatic heterocycles. The smallest absolute Gasteiger partial charge is 0.156 e. The van der Waals surface area contributed by atoms with Crippen molar-refractivity contribution < 1.29 is 14.9 Å². The fourth-order valence-corrected chi connectivity index (χ4v) is 5.51. The van der Waals surface area contributed by atoms with Crippen LogP contribution in [0.5, 0.6) is 0 Å². The van der Waals surface area contributed by atoms with Crippen LogP contribution in [0.3, 0.4) is 0 Å². The van der Waals surface area contributed by atoms with Crippen molar-refractivity contribution in [3.8, 4) is 0 Å². The second kappa shape index (κ2) is 9.74. The number of anilines is 1. The number of hydrogen-bond donors (Lipinski definition) is 4. The molecular formula is C22H27N5O3S2. The van der Waals surface area contributed by atoms with Gasteiger partial charge in [-0.15, -0.1) is 11.3 Å². The van der Waals surface area contributed by atoms with Gasteiger partial charge in [-0.3, -0.25) is 4.72 Å². The number of rotatable bonds is 5. The molecule has 8 nitrogen and oxygen atoms in total. The molecule has 1 aromatic carbocycles. The number of nitrogens with two attached hydrogens (primary N) is 1. The second-order valence-electron chi connectivity index (χ2n) is 8.07. The van der Waals surface area contributed by atoms with Gasteiger partial charge in [-0.05, 0) is 68.3 Å². The lowest BCUT2D eigenvalue weighted by Gasteiger charge is -2.14. The van der Waals surface area contributed by atoms with Gasteiger partial charge in [0.2, 0.25) is 0 Å². The summed E-state index contributed by atoms with van der Waals surface area (Å²) >= 11 is 3.49. The Morgan fingerprint density at radius 3 is 2.81 bits per heavy atom. The van der Waals surface area contributed by atoms with Crippen LogP contribution in [0.15, 0.2) is 53.0 Å². The van der Waals surface area contributed by atoms with E-state index in [-0.39, 0.29) is 12.2 Å². The minimum atomic E-state index is -1.50. The Morgan fingerprint density at radius 2 is 2.03 bits per heavy atom. The van der Waals surface area contributed by atoms with Crippen LogP contribution in [0.4, 0.5) is 5.82 Å². The zero-order chi connectivity index (χ0) is 22.7. The number of nitrogens with zero attached hydrogens (tertiary/aromatic N) is 3. The molecule has 10 heteroatoms. The van der Waals surface area contributed by atoms with Crippen LogP contribution in [-0.4, -0.2) is 43.2 Å². The molecule has 5 N–H and O–H groups in total. The fourth-order valence-electron chi connectivity index (χ4n) is 3.50. The maximum atomic E-state index is 8.08. The number of ether oxygens (including phenoxy) is 1. The molecule has 170 valence electrons. The van der Waals surface area contributed by atoms with Crippen LogP contribution >= 0.6 is 23.3 Å². The van der Waals surface area contributed by atoms with Gasteiger partial charge in [-0.1, -0.05) is 18.2 Å². The third kappa shape index (κ3) is 5.77. The standard InChI is InChI=1S/C19H19N5OS2.C3H8O2/c20-19-15-7-6-14(24(15)22-11-21-19)16-8-5-13(25-16)10-23-27-18-9-12-3-1-2-4-17(12)26-18;1-3(2,4)5/h1-4,6-7,9,11,13,16,23H,5,8,10H2,(H2,20,21,22);4-5H,1-2H3/t13-,16?;/m0./s1. The quantitative estimate of drug-likeness (QED) is 0.256. The van der Waals surface area contributed by atoms with Gasteiger partial charge >= 0.3 is 0 Å². The van der Waals surface area contributed by atoms with Gasteiger partial charge in [0, 0.05) is 11.2 Å². The number of benzene rings is 1. The van der Waals surface area contributed by atoms with E-state index in [1.807, 2.05) is 28.0 Å². The van der Waals surface area contributed by atoms with Crippen molar-refractivity contribution in [3.05, 3.63) is 54.5 Å². The molecule has 1 saturated heterocycles. The van der Waals surface area contributed by atoms with Crippen molar-refractivity contribution in [1.82, 2.24) is 19.3 Å². The molecule has 4 aromatic rings.